The maximum atomic E-state index is 10.9. The van der Waals surface area contributed by atoms with Crippen molar-refractivity contribution in [2.75, 3.05) is 0 Å². The lowest BCUT2D eigenvalue weighted by Crippen LogP contribution is -2.12. The number of fused-ring (bicyclic) bond motifs is 1. The smallest absolute Gasteiger partial charge is 0.307 e. The summed E-state index contributed by atoms with van der Waals surface area (Å²) in [6.07, 6.45) is 5.22. The highest BCUT2D eigenvalue weighted by molar-refractivity contribution is 5.72. The standard InChI is InChI=1S/C12H15NO2/c1-2-3-11-6-8-4-9(12(14)15)5-10(8)7-13-11/h6-7,9H,2-5H2,1H3,(H,14,15). The van der Waals surface area contributed by atoms with Crippen LogP contribution >= 0.6 is 0 Å². The van der Waals surface area contributed by atoms with Crippen LogP contribution in [0.2, 0.25) is 0 Å². The van der Waals surface area contributed by atoms with Gasteiger partial charge in [0, 0.05) is 11.9 Å². The van der Waals surface area contributed by atoms with Gasteiger partial charge in [-0.05, 0) is 36.5 Å². The first-order valence-corrected chi connectivity index (χ1v) is 5.40. The second-order valence-corrected chi connectivity index (χ2v) is 4.14. The minimum atomic E-state index is -0.691. The lowest BCUT2D eigenvalue weighted by Gasteiger charge is -2.01. The second-order valence-electron chi connectivity index (χ2n) is 4.14. The average Bonchev–Trinajstić information content (AvgIpc) is 2.61. The molecule has 0 amide bonds. The van der Waals surface area contributed by atoms with Crippen LogP contribution in [0.15, 0.2) is 12.3 Å². The van der Waals surface area contributed by atoms with E-state index in [-0.39, 0.29) is 5.92 Å². The lowest BCUT2D eigenvalue weighted by molar-refractivity contribution is -0.141. The fraction of sp³-hybridized carbons (Fsp3) is 0.500. The van der Waals surface area contributed by atoms with Crippen molar-refractivity contribution < 1.29 is 9.90 Å². The zero-order valence-corrected chi connectivity index (χ0v) is 8.86. The Balaban J connectivity index is 2.20. The minimum Gasteiger partial charge on any atom is -0.481 e. The molecule has 2 rings (SSSR count). The number of carboxylic acid groups (broad SMARTS) is 1. The molecule has 0 radical (unpaired) electrons. The van der Waals surface area contributed by atoms with Gasteiger partial charge >= 0.3 is 5.97 Å². The van der Waals surface area contributed by atoms with E-state index >= 15 is 0 Å². The quantitative estimate of drug-likeness (QED) is 0.819. The van der Waals surface area contributed by atoms with E-state index in [4.69, 9.17) is 5.11 Å². The van der Waals surface area contributed by atoms with Gasteiger partial charge in [0.2, 0.25) is 0 Å². The fourth-order valence-corrected chi connectivity index (χ4v) is 2.12. The first kappa shape index (κ1) is 10.1. The zero-order valence-electron chi connectivity index (χ0n) is 8.86. The number of hydrogen-bond acceptors (Lipinski definition) is 2. The van der Waals surface area contributed by atoms with Gasteiger partial charge in [0.05, 0.1) is 5.92 Å². The Labute approximate surface area is 89.2 Å². The summed E-state index contributed by atoms with van der Waals surface area (Å²) in [6, 6.07) is 2.07. The van der Waals surface area contributed by atoms with E-state index in [9.17, 15) is 4.79 Å². The number of hydrogen-bond donors (Lipinski definition) is 1. The highest BCUT2D eigenvalue weighted by Gasteiger charge is 2.27. The molecule has 0 saturated carbocycles. The van der Waals surface area contributed by atoms with Crippen LogP contribution in [0.5, 0.6) is 0 Å². The Kier molecular flexibility index (Phi) is 2.71. The molecule has 1 aliphatic rings. The third kappa shape index (κ3) is 2.01. The summed E-state index contributed by atoms with van der Waals surface area (Å²) in [6.45, 7) is 2.12. The molecule has 1 unspecified atom stereocenters. The molecule has 3 heteroatoms. The lowest BCUT2D eigenvalue weighted by atomic mass is 10.1. The van der Waals surface area contributed by atoms with Crippen molar-refractivity contribution in [1.82, 2.24) is 4.98 Å². The van der Waals surface area contributed by atoms with Gasteiger partial charge in [-0.25, -0.2) is 0 Å². The number of carboxylic acids is 1. The molecule has 0 spiro atoms. The molecule has 1 heterocycles. The first-order chi connectivity index (χ1) is 7.20. The van der Waals surface area contributed by atoms with Gasteiger partial charge in [-0.15, -0.1) is 0 Å². The maximum Gasteiger partial charge on any atom is 0.307 e. The van der Waals surface area contributed by atoms with Gasteiger partial charge in [-0.1, -0.05) is 13.3 Å². The van der Waals surface area contributed by atoms with Crippen molar-refractivity contribution in [2.45, 2.75) is 32.6 Å². The van der Waals surface area contributed by atoms with Crippen molar-refractivity contribution in [2.24, 2.45) is 5.92 Å². The molecule has 0 aromatic carbocycles. The number of aromatic nitrogens is 1. The highest BCUT2D eigenvalue weighted by atomic mass is 16.4. The van der Waals surface area contributed by atoms with Crippen molar-refractivity contribution in [3.05, 3.63) is 29.1 Å². The van der Waals surface area contributed by atoms with Gasteiger partial charge < -0.3 is 5.11 Å². The zero-order chi connectivity index (χ0) is 10.8. The van der Waals surface area contributed by atoms with Gasteiger partial charge in [0.1, 0.15) is 0 Å². The monoisotopic (exact) mass is 205 g/mol. The predicted molar refractivity (Wildman–Crippen MR) is 56.8 cm³/mol. The summed E-state index contributed by atoms with van der Waals surface area (Å²) < 4.78 is 0. The van der Waals surface area contributed by atoms with E-state index in [0.29, 0.717) is 12.8 Å². The Morgan fingerprint density at radius 2 is 2.27 bits per heavy atom. The molecule has 1 aliphatic carbocycles. The maximum absolute atomic E-state index is 10.9. The number of aryl methyl sites for hydroxylation is 1. The number of carbonyl (C=O) groups is 1. The first-order valence-electron chi connectivity index (χ1n) is 5.40. The van der Waals surface area contributed by atoms with Crippen LogP contribution in [0.1, 0.15) is 30.2 Å². The van der Waals surface area contributed by atoms with Gasteiger partial charge in [0.25, 0.3) is 0 Å². The number of nitrogens with zero attached hydrogens (tertiary/aromatic N) is 1. The normalized spacial score (nSPS) is 18.9. The molecule has 3 nitrogen and oxygen atoms in total. The molecule has 1 atom stereocenters. The number of pyridine rings is 1. The third-order valence-electron chi connectivity index (χ3n) is 2.93. The average molecular weight is 205 g/mol. The molecule has 1 aromatic heterocycles. The van der Waals surface area contributed by atoms with Crippen LogP contribution in [-0.2, 0) is 24.1 Å². The SMILES string of the molecule is CCCc1cc2c(cn1)CC(C(=O)O)C2. The van der Waals surface area contributed by atoms with E-state index in [2.05, 4.69) is 18.0 Å². The minimum absolute atomic E-state index is 0.237. The summed E-state index contributed by atoms with van der Waals surface area (Å²) >= 11 is 0. The van der Waals surface area contributed by atoms with Crippen LogP contribution in [0.4, 0.5) is 0 Å². The van der Waals surface area contributed by atoms with Crippen molar-refractivity contribution in [1.29, 1.82) is 0 Å². The van der Waals surface area contributed by atoms with E-state index in [1.807, 2.05) is 6.20 Å². The summed E-state index contributed by atoms with van der Waals surface area (Å²) in [4.78, 5) is 15.2. The van der Waals surface area contributed by atoms with Crippen LogP contribution in [0, 0.1) is 5.92 Å². The Morgan fingerprint density at radius 1 is 1.53 bits per heavy atom. The Hall–Kier alpha value is -1.38. The van der Waals surface area contributed by atoms with Crippen LogP contribution < -0.4 is 0 Å². The summed E-state index contributed by atoms with van der Waals surface area (Å²) in [5, 5.41) is 8.94. The van der Waals surface area contributed by atoms with E-state index < -0.39 is 5.97 Å². The van der Waals surface area contributed by atoms with Gasteiger partial charge in [0.15, 0.2) is 0 Å². The van der Waals surface area contributed by atoms with Crippen molar-refractivity contribution in [3.63, 3.8) is 0 Å². The number of rotatable bonds is 3. The summed E-state index contributed by atoms with van der Waals surface area (Å²) in [5.41, 5.74) is 3.38. The molecular weight excluding hydrogens is 190 g/mol. The topological polar surface area (TPSA) is 50.2 Å². The molecular formula is C12H15NO2. The van der Waals surface area contributed by atoms with Crippen LogP contribution in [0.3, 0.4) is 0 Å². The third-order valence-corrected chi connectivity index (χ3v) is 2.93. The Bertz CT molecular complexity index is 387. The summed E-state index contributed by atoms with van der Waals surface area (Å²) in [7, 11) is 0. The largest absolute Gasteiger partial charge is 0.481 e. The van der Waals surface area contributed by atoms with Gasteiger partial charge in [-0.3, -0.25) is 9.78 Å². The molecule has 1 aromatic rings. The Morgan fingerprint density at radius 3 is 2.93 bits per heavy atom. The van der Waals surface area contributed by atoms with E-state index in [1.54, 1.807) is 0 Å². The van der Waals surface area contributed by atoms with E-state index in [1.165, 1.54) is 5.56 Å². The molecule has 1 N–H and O–H groups in total. The molecule has 80 valence electrons. The molecule has 0 fully saturated rings. The van der Waals surface area contributed by atoms with Crippen LogP contribution in [0.25, 0.3) is 0 Å². The highest BCUT2D eigenvalue weighted by Crippen LogP contribution is 2.26. The van der Waals surface area contributed by atoms with Crippen molar-refractivity contribution in [3.8, 4) is 0 Å². The summed E-state index contributed by atoms with van der Waals surface area (Å²) in [5.74, 6) is -0.929. The number of aliphatic carboxylic acids is 1. The molecule has 0 bridgehead atoms. The van der Waals surface area contributed by atoms with Crippen molar-refractivity contribution >= 4 is 5.97 Å². The molecule has 0 saturated heterocycles. The second kappa shape index (κ2) is 4.01. The van der Waals surface area contributed by atoms with Gasteiger partial charge in [-0.2, -0.15) is 0 Å². The van der Waals surface area contributed by atoms with E-state index in [0.717, 1.165) is 24.1 Å². The predicted octanol–water partition coefficient (Wildman–Crippen LogP) is 1.83. The molecule has 0 aliphatic heterocycles. The fourth-order valence-electron chi connectivity index (χ4n) is 2.12. The molecule has 15 heavy (non-hydrogen) atoms. The van der Waals surface area contributed by atoms with Crippen LogP contribution in [-0.4, -0.2) is 16.1 Å².